The summed E-state index contributed by atoms with van der Waals surface area (Å²) in [6, 6.07) is 4.82. The maximum Gasteiger partial charge on any atom is 0.238 e. The average molecular weight is 272 g/mol. The van der Waals surface area contributed by atoms with Crippen LogP contribution in [-0.2, 0) is 10.0 Å². The second kappa shape index (κ2) is 6.06. The second-order valence-electron chi connectivity index (χ2n) is 4.06. The number of ether oxygens (including phenoxy) is 1. The van der Waals surface area contributed by atoms with Gasteiger partial charge in [0.2, 0.25) is 10.0 Å². The molecule has 1 aromatic carbocycles. The fourth-order valence-electron chi connectivity index (χ4n) is 1.69. The van der Waals surface area contributed by atoms with Crippen LogP contribution in [0.1, 0.15) is 26.7 Å². The number of hydrogen-bond acceptors (Lipinski definition) is 4. The number of nitrogens with one attached hydrogen (secondary N) is 1. The Bertz CT molecular complexity index is 496. The van der Waals surface area contributed by atoms with Gasteiger partial charge in [0.15, 0.2) is 0 Å². The molecule has 6 heteroatoms. The molecule has 102 valence electrons. The topological polar surface area (TPSA) is 81.4 Å². The van der Waals surface area contributed by atoms with Gasteiger partial charge >= 0.3 is 0 Å². The predicted octanol–water partition coefficient (Wildman–Crippen LogP) is 1.94. The van der Waals surface area contributed by atoms with Crippen LogP contribution in [0.2, 0.25) is 0 Å². The molecule has 0 saturated heterocycles. The van der Waals surface area contributed by atoms with Crippen molar-refractivity contribution in [3.63, 3.8) is 0 Å². The summed E-state index contributed by atoms with van der Waals surface area (Å²) in [7, 11) is -2.15. The monoisotopic (exact) mass is 272 g/mol. The van der Waals surface area contributed by atoms with Gasteiger partial charge in [0.1, 0.15) is 5.75 Å². The molecule has 0 spiro atoms. The zero-order valence-electron chi connectivity index (χ0n) is 10.9. The molecule has 0 aromatic heterocycles. The number of methoxy groups -OCH3 is 1. The fourth-order valence-corrected chi connectivity index (χ4v) is 2.23. The molecule has 0 amide bonds. The third-order valence-electron chi connectivity index (χ3n) is 2.84. The first-order valence-electron chi connectivity index (χ1n) is 5.89. The summed E-state index contributed by atoms with van der Waals surface area (Å²) in [5, 5.41) is 8.38. The van der Waals surface area contributed by atoms with Crippen LogP contribution in [0.5, 0.6) is 5.75 Å². The van der Waals surface area contributed by atoms with Crippen LogP contribution in [-0.4, -0.2) is 21.6 Å². The molecule has 18 heavy (non-hydrogen) atoms. The Morgan fingerprint density at radius 1 is 1.33 bits per heavy atom. The lowest BCUT2D eigenvalue weighted by atomic mass is 10.1. The van der Waals surface area contributed by atoms with Crippen molar-refractivity contribution < 1.29 is 13.2 Å². The van der Waals surface area contributed by atoms with Gasteiger partial charge in [-0.1, -0.05) is 13.8 Å². The van der Waals surface area contributed by atoms with Crippen molar-refractivity contribution in [2.45, 2.75) is 37.6 Å². The first-order valence-corrected chi connectivity index (χ1v) is 7.44. The van der Waals surface area contributed by atoms with Crippen LogP contribution in [0, 0.1) is 0 Å². The Kier molecular flexibility index (Phi) is 4.98. The lowest BCUT2D eigenvalue weighted by Gasteiger charge is -2.19. The highest BCUT2D eigenvalue weighted by atomic mass is 32.2. The van der Waals surface area contributed by atoms with Crippen LogP contribution in [0.4, 0.5) is 5.69 Å². The molecule has 1 rings (SSSR count). The smallest absolute Gasteiger partial charge is 0.238 e. The first-order chi connectivity index (χ1) is 8.42. The van der Waals surface area contributed by atoms with E-state index in [2.05, 4.69) is 19.2 Å². The second-order valence-corrected chi connectivity index (χ2v) is 5.63. The summed E-state index contributed by atoms with van der Waals surface area (Å²) >= 11 is 0. The molecule has 0 saturated carbocycles. The zero-order chi connectivity index (χ0) is 13.8. The molecule has 0 bridgehead atoms. The maximum atomic E-state index is 11.3. The van der Waals surface area contributed by atoms with Crippen molar-refractivity contribution >= 4 is 15.7 Å². The molecule has 5 nitrogen and oxygen atoms in total. The largest absolute Gasteiger partial charge is 0.495 e. The van der Waals surface area contributed by atoms with E-state index in [4.69, 9.17) is 9.88 Å². The highest BCUT2D eigenvalue weighted by Gasteiger charge is 2.13. The number of sulfonamides is 1. The Morgan fingerprint density at radius 3 is 2.39 bits per heavy atom. The zero-order valence-corrected chi connectivity index (χ0v) is 11.8. The van der Waals surface area contributed by atoms with E-state index in [9.17, 15) is 8.42 Å². The first kappa shape index (κ1) is 14.8. The number of nitrogens with two attached hydrogens (primary N) is 1. The summed E-state index contributed by atoms with van der Waals surface area (Å²) < 4.78 is 27.8. The van der Waals surface area contributed by atoms with Gasteiger partial charge in [0.25, 0.3) is 0 Å². The van der Waals surface area contributed by atoms with Crippen molar-refractivity contribution in [1.82, 2.24) is 0 Å². The summed E-state index contributed by atoms with van der Waals surface area (Å²) in [6.07, 6.45) is 1.89. The molecular weight excluding hydrogens is 252 g/mol. The summed E-state index contributed by atoms with van der Waals surface area (Å²) in [5.41, 5.74) is 0.651. The van der Waals surface area contributed by atoms with E-state index < -0.39 is 10.0 Å². The summed E-state index contributed by atoms with van der Waals surface area (Å²) in [4.78, 5) is 0.0803. The molecule has 0 heterocycles. The van der Waals surface area contributed by atoms with Gasteiger partial charge in [0.05, 0.1) is 17.7 Å². The molecule has 3 N–H and O–H groups in total. The summed E-state index contributed by atoms with van der Waals surface area (Å²) in [5.74, 6) is 0.606. The Labute approximate surface area is 108 Å². The number of primary sulfonamides is 1. The van der Waals surface area contributed by atoms with Gasteiger partial charge in [-0.05, 0) is 31.0 Å². The number of hydrogen-bond donors (Lipinski definition) is 2. The Hall–Kier alpha value is -1.27. The maximum absolute atomic E-state index is 11.3. The lowest BCUT2D eigenvalue weighted by Crippen LogP contribution is -2.18. The van der Waals surface area contributed by atoms with E-state index in [-0.39, 0.29) is 10.9 Å². The normalized spacial score (nSPS) is 11.6. The van der Waals surface area contributed by atoms with Crippen LogP contribution in [0.25, 0.3) is 0 Å². The van der Waals surface area contributed by atoms with Crippen LogP contribution >= 0.6 is 0 Å². The third-order valence-corrected chi connectivity index (χ3v) is 3.76. The quantitative estimate of drug-likeness (QED) is 0.829. The minimum absolute atomic E-state index is 0.0803. The molecule has 0 aliphatic carbocycles. The minimum Gasteiger partial charge on any atom is -0.495 e. The molecular formula is C12H20N2O3S. The van der Waals surface area contributed by atoms with Gasteiger partial charge in [-0.25, -0.2) is 13.6 Å². The highest BCUT2D eigenvalue weighted by Crippen LogP contribution is 2.28. The van der Waals surface area contributed by atoms with Crippen molar-refractivity contribution in [2.75, 3.05) is 12.4 Å². The van der Waals surface area contributed by atoms with Gasteiger partial charge in [-0.2, -0.15) is 0 Å². The molecule has 0 fully saturated rings. The molecule has 1 aromatic rings. The van der Waals surface area contributed by atoms with E-state index in [1.807, 2.05) is 0 Å². The van der Waals surface area contributed by atoms with E-state index in [0.29, 0.717) is 11.4 Å². The number of anilines is 1. The Morgan fingerprint density at radius 2 is 1.94 bits per heavy atom. The summed E-state index contributed by atoms with van der Waals surface area (Å²) in [6.45, 7) is 4.13. The van der Waals surface area contributed by atoms with Crippen LogP contribution in [0.3, 0.4) is 0 Å². The standard InChI is InChI=1S/C12H20N2O3S/c1-4-9(5-2)14-11-8-10(18(13,15)16)6-7-12(11)17-3/h6-9,14H,4-5H2,1-3H3,(H2,13,15,16). The van der Waals surface area contributed by atoms with Crippen molar-refractivity contribution in [1.29, 1.82) is 0 Å². The Balaban J connectivity index is 3.14. The molecule has 0 radical (unpaired) electrons. The SMILES string of the molecule is CCC(CC)Nc1cc(S(N)(=O)=O)ccc1OC. The van der Waals surface area contributed by atoms with Gasteiger partial charge in [-0.15, -0.1) is 0 Å². The fraction of sp³-hybridized carbons (Fsp3) is 0.500. The highest BCUT2D eigenvalue weighted by molar-refractivity contribution is 7.89. The predicted molar refractivity (Wildman–Crippen MR) is 72.4 cm³/mol. The van der Waals surface area contributed by atoms with E-state index in [1.54, 1.807) is 13.2 Å². The third kappa shape index (κ3) is 3.61. The molecule has 0 aliphatic heterocycles. The van der Waals surface area contributed by atoms with Crippen molar-refractivity contribution in [3.8, 4) is 5.75 Å². The van der Waals surface area contributed by atoms with Crippen molar-refractivity contribution in [2.24, 2.45) is 5.14 Å². The van der Waals surface area contributed by atoms with Gasteiger partial charge < -0.3 is 10.1 Å². The molecule has 0 atom stereocenters. The van der Waals surface area contributed by atoms with E-state index >= 15 is 0 Å². The van der Waals surface area contributed by atoms with E-state index in [1.165, 1.54) is 12.1 Å². The number of rotatable bonds is 6. The number of benzene rings is 1. The van der Waals surface area contributed by atoms with E-state index in [0.717, 1.165) is 12.8 Å². The van der Waals surface area contributed by atoms with Gasteiger partial charge in [0, 0.05) is 6.04 Å². The van der Waals surface area contributed by atoms with Crippen molar-refractivity contribution in [3.05, 3.63) is 18.2 Å². The van der Waals surface area contributed by atoms with Crippen LogP contribution < -0.4 is 15.2 Å². The minimum atomic E-state index is -3.70. The lowest BCUT2D eigenvalue weighted by molar-refractivity contribution is 0.415. The van der Waals surface area contributed by atoms with Crippen LogP contribution in [0.15, 0.2) is 23.1 Å². The average Bonchev–Trinajstić information content (AvgIpc) is 2.34. The molecule has 0 aliphatic rings. The van der Waals surface area contributed by atoms with Gasteiger partial charge in [-0.3, -0.25) is 0 Å². The molecule has 0 unspecified atom stereocenters.